The predicted molar refractivity (Wildman–Crippen MR) is 156 cm³/mol. The minimum atomic E-state index is -1.48. The lowest BCUT2D eigenvalue weighted by molar-refractivity contribution is -0.340. The maximum absolute atomic E-state index is 11.0. The van der Waals surface area contributed by atoms with Crippen molar-refractivity contribution in [2.24, 2.45) is 51.8 Å². The van der Waals surface area contributed by atoms with E-state index < -0.39 is 49.2 Å². The number of aliphatic hydroxyl groups excluding tert-OH is 5. The Morgan fingerprint density at radius 1 is 0.837 bits per heavy atom. The third-order valence-electron chi connectivity index (χ3n) is 14.8. The average molecular weight is 609 g/mol. The number of hydrogen-bond acceptors (Lipinski definition) is 9. The maximum Gasteiger partial charge on any atom is 0.186 e. The maximum atomic E-state index is 11.0. The minimum Gasteiger partial charge on any atom is -0.394 e. The van der Waals surface area contributed by atoms with Gasteiger partial charge in [0.25, 0.3) is 0 Å². The van der Waals surface area contributed by atoms with Gasteiger partial charge in [-0.1, -0.05) is 34.6 Å². The highest BCUT2D eigenvalue weighted by Gasteiger charge is 2.71. The van der Waals surface area contributed by atoms with Crippen LogP contribution in [0.4, 0.5) is 0 Å². The highest BCUT2D eigenvalue weighted by molar-refractivity contribution is 5.18. The van der Waals surface area contributed by atoms with Crippen LogP contribution in [0.15, 0.2) is 0 Å². The molecule has 0 amide bonds. The summed E-state index contributed by atoms with van der Waals surface area (Å²) >= 11 is 0. The first-order chi connectivity index (χ1) is 20.3. The fourth-order valence-electron chi connectivity index (χ4n) is 12.2. The molecule has 7 fully saturated rings. The summed E-state index contributed by atoms with van der Waals surface area (Å²) in [6.07, 6.45) is 1.46. The van der Waals surface area contributed by atoms with Crippen LogP contribution in [0.3, 0.4) is 0 Å². The summed E-state index contributed by atoms with van der Waals surface area (Å²) in [4.78, 5) is 0. The van der Waals surface area contributed by atoms with Crippen LogP contribution in [0.25, 0.3) is 0 Å². The molecular formula is C34H56O9. The summed E-state index contributed by atoms with van der Waals surface area (Å²) in [7, 11) is 0. The summed E-state index contributed by atoms with van der Waals surface area (Å²) in [5.74, 6) is 2.28. The van der Waals surface area contributed by atoms with Gasteiger partial charge in [0, 0.05) is 17.8 Å². The van der Waals surface area contributed by atoms with Crippen LogP contribution in [0.1, 0.15) is 92.4 Å². The van der Waals surface area contributed by atoms with Crippen LogP contribution in [0.2, 0.25) is 0 Å². The van der Waals surface area contributed by atoms with E-state index in [0.717, 1.165) is 51.6 Å². The summed E-state index contributed by atoms with van der Waals surface area (Å²) < 4.78 is 26.1. The molecule has 3 heterocycles. The van der Waals surface area contributed by atoms with E-state index in [0.29, 0.717) is 41.9 Å². The van der Waals surface area contributed by atoms with E-state index in [9.17, 15) is 25.5 Å². The van der Waals surface area contributed by atoms with E-state index in [1.165, 1.54) is 6.42 Å². The highest BCUT2D eigenvalue weighted by atomic mass is 16.7. The zero-order valence-corrected chi connectivity index (χ0v) is 26.7. The van der Waals surface area contributed by atoms with Crippen LogP contribution in [0, 0.1) is 51.8 Å². The van der Waals surface area contributed by atoms with E-state index in [1.807, 2.05) is 0 Å². The van der Waals surface area contributed by atoms with Crippen molar-refractivity contribution in [3.8, 4) is 0 Å². The standard InChI is InChI=1S/C34H56O9/c1-17-6-11-34(40-16-17)18(2)26-23(43-34)13-22-20-12-25(42-30-29(39)28(38)27(37)24(15-35)41-30)33(5)14-19(36)7-10-32(33,4)21(20)8-9-31(22,26)3/h17-30,35-39H,6-16H2,1-5H3. The van der Waals surface area contributed by atoms with Crippen molar-refractivity contribution in [1.82, 2.24) is 0 Å². The van der Waals surface area contributed by atoms with Gasteiger partial charge in [-0.15, -0.1) is 0 Å². The third-order valence-corrected chi connectivity index (χ3v) is 14.8. The Morgan fingerprint density at radius 2 is 1.60 bits per heavy atom. The number of aliphatic hydroxyl groups is 5. The second-order valence-electron chi connectivity index (χ2n) is 16.7. The van der Waals surface area contributed by atoms with Gasteiger partial charge in [0.1, 0.15) is 24.4 Å². The normalized spacial score (nSPS) is 61.5. The van der Waals surface area contributed by atoms with Gasteiger partial charge in [0.05, 0.1) is 31.5 Å². The second-order valence-corrected chi connectivity index (χ2v) is 16.7. The van der Waals surface area contributed by atoms with Crippen molar-refractivity contribution in [3.05, 3.63) is 0 Å². The number of hydrogen-bond donors (Lipinski definition) is 5. The van der Waals surface area contributed by atoms with Crippen LogP contribution in [0.5, 0.6) is 0 Å². The van der Waals surface area contributed by atoms with Crippen molar-refractivity contribution in [1.29, 1.82) is 0 Å². The van der Waals surface area contributed by atoms with Crippen LogP contribution >= 0.6 is 0 Å². The van der Waals surface area contributed by atoms with E-state index in [-0.39, 0.29) is 28.5 Å². The fourth-order valence-corrected chi connectivity index (χ4v) is 12.2. The van der Waals surface area contributed by atoms with Crippen LogP contribution in [-0.4, -0.2) is 93.6 Å². The smallest absolute Gasteiger partial charge is 0.186 e. The molecule has 3 saturated heterocycles. The molecule has 7 rings (SSSR count). The number of ether oxygens (including phenoxy) is 4. The van der Waals surface area contributed by atoms with Crippen molar-refractivity contribution in [2.75, 3.05) is 13.2 Å². The molecule has 18 unspecified atom stereocenters. The lowest BCUT2D eigenvalue weighted by Crippen LogP contribution is -2.66. The van der Waals surface area contributed by atoms with Crippen LogP contribution < -0.4 is 0 Å². The molecule has 4 aliphatic carbocycles. The van der Waals surface area contributed by atoms with Crippen LogP contribution in [-0.2, 0) is 18.9 Å². The monoisotopic (exact) mass is 608 g/mol. The molecule has 1 spiro atoms. The number of fused-ring (bicyclic) bond motifs is 7. The van der Waals surface area contributed by atoms with Gasteiger partial charge < -0.3 is 44.5 Å². The third kappa shape index (κ3) is 4.35. The first kappa shape index (κ1) is 31.3. The van der Waals surface area contributed by atoms with E-state index in [2.05, 4.69) is 34.6 Å². The molecule has 18 atom stereocenters. The van der Waals surface area contributed by atoms with Crippen molar-refractivity contribution in [3.63, 3.8) is 0 Å². The van der Waals surface area contributed by atoms with Gasteiger partial charge in [-0.3, -0.25) is 0 Å². The molecule has 0 aromatic carbocycles. The fraction of sp³-hybridized carbons (Fsp3) is 1.00. The van der Waals surface area contributed by atoms with E-state index in [4.69, 9.17) is 18.9 Å². The quantitative estimate of drug-likeness (QED) is 0.306. The Balaban J connectivity index is 1.19. The summed E-state index contributed by atoms with van der Waals surface area (Å²) in [5.41, 5.74) is -0.316. The Labute approximate surface area is 256 Å². The molecule has 0 radical (unpaired) electrons. The molecule has 7 aliphatic rings. The molecule has 0 aromatic heterocycles. The molecule has 5 N–H and O–H groups in total. The van der Waals surface area contributed by atoms with Gasteiger partial charge >= 0.3 is 0 Å². The molecule has 0 bridgehead atoms. The van der Waals surface area contributed by atoms with Crippen molar-refractivity contribution < 1.29 is 44.5 Å². The van der Waals surface area contributed by atoms with Gasteiger partial charge in [0.15, 0.2) is 12.1 Å². The molecule has 9 nitrogen and oxygen atoms in total. The van der Waals surface area contributed by atoms with E-state index >= 15 is 0 Å². The lowest BCUT2D eigenvalue weighted by atomic mass is 9.39. The van der Waals surface area contributed by atoms with Gasteiger partial charge in [-0.05, 0) is 91.8 Å². The van der Waals surface area contributed by atoms with E-state index in [1.54, 1.807) is 0 Å². The Hall–Kier alpha value is -0.360. The lowest BCUT2D eigenvalue weighted by Gasteiger charge is -2.67. The SMILES string of the molecule is CC1CCC2(OC1)OC1CC3C4CC(OC5OC(CO)C(O)C(O)C5O)C5(C)CC(O)CCC5(C)C4CCC3(C)C1C2C. The largest absolute Gasteiger partial charge is 0.394 e. The minimum absolute atomic E-state index is 0.0801. The molecular weight excluding hydrogens is 552 g/mol. The molecule has 43 heavy (non-hydrogen) atoms. The van der Waals surface area contributed by atoms with Gasteiger partial charge in [-0.2, -0.15) is 0 Å². The summed E-state index contributed by atoms with van der Waals surface area (Å²) in [6.45, 7) is 12.1. The first-order valence-corrected chi connectivity index (χ1v) is 17.2. The van der Waals surface area contributed by atoms with Gasteiger partial charge in [0.2, 0.25) is 0 Å². The zero-order valence-electron chi connectivity index (χ0n) is 26.7. The van der Waals surface area contributed by atoms with Crippen molar-refractivity contribution >= 4 is 0 Å². The molecule has 3 aliphatic heterocycles. The Kier molecular flexibility index (Phi) is 7.69. The summed E-state index contributed by atoms with van der Waals surface area (Å²) in [6, 6.07) is 0. The number of rotatable bonds is 3. The predicted octanol–water partition coefficient (Wildman–Crippen LogP) is 2.98. The average Bonchev–Trinajstić information content (AvgIpc) is 3.41. The zero-order chi connectivity index (χ0) is 30.7. The second kappa shape index (κ2) is 10.6. The molecule has 4 saturated carbocycles. The Morgan fingerprint density at radius 3 is 2.30 bits per heavy atom. The Bertz CT molecular complexity index is 1050. The molecule has 246 valence electrons. The first-order valence-electron chi connectivity index (χ1n) is 17.2. The summed E-state index contributed by atoms with van der Waals surface area (Å²) in [5, 5.41) is 52.6. The van der Waals surface area contributed by atoms with Crippen molar-refractivity contribution in [2.45, 2.75) is 147 Å². The molecule has 0 aromatic rings. The topological polar surface area (TPSA) is 138 Å². The van der Waals surface area contributed by atoms with Gasteiger partial charge in [-0.25, -0.2) is 0 Å². The molecule has 9 heteroatoms. The highest BCUT2D eigenvalue weighted by Crippen LogP contribution is 2.73.